The molecule has 2 rings (SSSR count). The number of hydrogen-bond acceptors (Lipinski definition) is 5. The van der Waals surface area contributed by atoms with Gasteiger partial charge in [-0.05, 0) is 39.9 Å². The fourth-order valence-corrected chi connectivity index (χ4v) is 3.88. The third-order valence-corrected chi connectivity index (χ3v) is 5.77. The van der Waals surface area contributed by atoms with Gasteiger partial charge in [0.1, 0.15) is 12.4 Å². The Morgan fingerprint density at radius 1 is 1.13 bits per heavy atom. The normalized spacial score (nSPS) is 11.3. The van der Waals surface area contributed by atoms with E-state index in [9.17, 15) is 0 Å². The van der Waals surface area contributed by atoms with Gasteiger partial charge >= 0.3 is 0 Å². The summed E-state index contributed by atoms with van der Waals surface area (Å²) in [6.07, 6.45) is 0. The molecule has 0 aliphatic carbocycles. The van der Waals surface area contributed by atoms with Crippen molar-refractivity contribution in [3.8, 4) is 5.75 Å². The number of hydrogen-bond donors (Lipinski definition) is 2. The minimum atomic E-state index is 0. The van der Waals surface area contributed by atoms with Crippen molar-refractivity contribution in [1.29, 1.82) is 0 Å². The summed E-state index contributed by atoms with van der Waals surface area (Å²) in [5.74, 6) is 1.71. The molecule has 0 fully saturated rings. The molecule has 0 atom stereocenters. The summed E-state index contributed by atoms with van der Waals surface area (Å²) >= 11 is 1.73. The lowest BCUT2D eigenvalue weighted by atomic mass is 10.2. The largest absolute Gasteiger partial charge is 0.492 e. The van der Waals surface area contributed by atoms with Crippen LogP contribution in [0.25, 0.3) is 0 Å². The molecule has 0 spiro atoms. The zero-order chi connectivity index (χ0) is 21.1. The molecule has 1 aromatic heterocycles. The van der Waals surface area contributed by atoms with Gasteiger partial charge in [-0.3, -0.25) is 0 Å². The van der Waals surface area contributed by atoms with Crippen molar-refractivity contribution in [2.75, 3.05) is 32.8 Å². The van der Waals surface area contributed by atoms with Crippen LogP contribution in [0.4, 0.5) is 0 Å². The summed E-state index contributed by atoms with van der Waals surface area (Å²) < 4.78 is 6.05. The highest BCUT2D eigenvalue weighted by Crippen LogP contribution is 2.19. The third-order valence-electron chi connectivity index (χ3n) is 4.70. The van der Waals surface area contributed by atoms with E-state index in [1.165, 1.54) is 4.88 Å². The van der Waals surface area contributed by atoms with Gasteiger partial charge in [-0.25, -0.2) is 9.98 Å². The maximum Gasteiger partial charge on any atom is 0.191 e. The Balaban J connectivity index is 0.00000450. The molecule has 0 unspecified atom stereocenters. The summed E-state index contributed by atoms with van der Waals surface area (Å²) in [7, 11) is 0. The van der Waals surface area contributed by atoms with Crippen LogP contribution in [0.1, 0.15) is 41.9 Å². The predicted molar refractivity (Wildman–Crippen MR) is 138 cm³/mol. The summed E-state index contributed by atoms with van der Waals surface area (Å²) in [4.78, 5) is 12.9. The lowest BCUT2D eigenvalue weighted by Gasteiger charge is -2.18. The predicted octanol–water partition coefficient (Wildman–Crippen LogP) is 4.35. The lowest BCUT2D eigenvalue weighted by Crippen LogP contribution is -2.36. The van der Waals surface area contributed by atoms with Gasteiger partial charge in [-0.1, -0.05) is 32.0 Å². The maximum absolute atomic E-state index is 6.05. The number of likely N-dealkylation sites (N-methyl/N-ethyl adjacent to an activating group) is 1. The van der Waals surface area contributed by atoms with Crippen LogP contribution < -0.4 is 15.4 Å². The van der Waals surface area contributed by atoms with Gasteiger partial charge in [0.25, 0.3) is 0 Å². The zero-order valence-corrected chi connectivity index (χ0v) is 22.0. The molecule has 0 amide bonds. The van der Waals surface area contributed by atoms with Crippen LogP contribution in [-0.4, -0.2) is 48.6 Å². The fraction of sp³-hybridized carbons (Fsp3) is 0.545. The molecular formula is C22H36IN5OS. The number of nitrogens with one attached hydrogen (secondary N) is 2. The van der Waals surface area contributed by atoms with Gasteiger partial charge in [0.2, 0.25) is 0 Å². The molecule has 168 valence electrons. The Bertz CT molecular complexity index is 777. The van der Waals surface area contributed by atoms with Gasteiger partial charge in [-0.15, -0.1) is 35.3 Å². The fourth-order valence-electron chi connectivity index (χ4n) is 3.01. The van der Waals surface area contributed by atoms with E-state index >= 15 is 0 Å². The Morgan fingerprint density at radius 2 is 1.87 bits per heavy atom. The smallest absolute Gasteiger partial charge is 0.191 e. The number of guanidine groups is 1. The van der Waals surface area contributed by atoms with Crippen LogP contribution in [0.2, 0.25) is 0 Å². The second-order valence-electron chi connectivity index (χ2n) is 6.77. The molecule has 2 aromatic rings. The van der Waals surface area contributed by atoms with E-state index in [2.05, 4.69) is 54.3 Å². The standard InChI is InChI=1S/C22H35N5OS.HI/c1-6-23-22(25-16-21-17(4)26-18(5)29-21)24-15-19-11-9-10-12-20(19)28-14-13-27(7-2)8-3;/h9-12H,6-8,13-16H2,1-5H3,(H2,23,24,25);1H. The van der Waals surface area contributed by atoms with Gasteiger partial charge < -0.3 is 20.3 Å². The second-order valence-corrected chi connectivity index (χ2v) is 8.06. The Hall–Kier alpha value is -1.39. The van der Waals surface area contributed by atoms with E-state index in [-0.39, 0.29) is 24.0 Å². The molecule has 0 aliphatic heterocycles. The third kappa shape index (κ3) is 8.77. The highest BCUT2D eigenvalue weighted by atomic mass is 127. The van der Waals surface area contributed by atoms with Crippen LogP contribution in [0.15, 0.2) is 29.3 Å². The molecule has 0 saturated heterocycles. The molecule has 1 aromatic carbocycles. The van der Waals surface area contributed by atoms with Crippen molar-refractivity contribution in [3.63, 3.8) is 0 Å². The van der Waals surface area contributed by atoms with Crippen molar-refractivity contribution in [1.82, 2.24) is 20.5 Å². The molecule has 0 bridgehead atoms. The summed E-state index contributed by atoms with van der Waals surface area (Å²) in [6, 6.07) is 8.15. The first-order chi connectivity index (χ1) is 14.1. The quantitative estimate of drug-likeness (QED) is 0.250. The van der Waals surface area contributed by atoms with Crippen molar-refractivity contribution in [2.45, 2.75) is 47.7 Å². The average Bonchev–Trinajstić information content (AvgIpc) is 3.05. The van der Waals surface area contributed by atoms with E-state index < -0.39 is 0 Å². The zero-order valence-electron chi connectivity index (χ0n) is 18.8. The number of para-hydroxylation sites is 1. The maximum atomic E-state index is 6.05. The molecule has 2 N–H and O–H groups in total. The summed E-state index contributed by atoms with van der Waals surface area (Å²) in [5, 5.41) is 7.83. The van der Waals surface area contributed by atoms with E-state index in [1.807, 2.05) is 25.1 Å². The molecule has 0 aliphatic rings. The number of benzene rings is 1. The van der Waals surface area contributed by atoms with Gasteiger partial charge in [0.05, 0.1) is 23.8 Å². The van der Waals surface area contributed by atoms with Gasteiger partial charge in [-0.2, -0.15) is 0 Å². The molecule has 6 nitrogen and oxygen atoms in total. The average molecular weight is 546 g/mol. The Kier molecular flexibility index (Phi) is 13.0. The molecule has 0 radical (unpaired) electrons. The van der Waals surface area contributed by atoms with Crippen molar-refractivity contribution in [2.24, 2.45) is 4.99 Å². The Labute approximate surface area is 202 Å². The number of halogens is 1. The number of aromatic nitrogens is 1. The highest BCUT2D eigenvalue weighted by molar-refractivity contribution is 14.0. The highest BCUT2D eigenvalue weighted by Gasteiger charge is 2.07. The SMILES string of the molecule is CCNC(=NCc1ccccc1OCCN(CC)CC)NCc1sc(C)nc1C.I. The molecule has 1 heterocycles. The first-order valence-electron chi connectivity index (χ1n) is 10.4. The van der Waals surface area contributed by atoms with Crippen molar-refractivity contribution >= 4 is 41.3 Å². The van der Waals surface area contributed by atoms with Crippen molar-refractivity contribution < 1.29 is 4.74 Å². The number of thiazole rings is 1. The monoisotopic (exact) mass is 545 g/mol. The minimum Gasteiger partial charge on any atom is -0.492 e. The van der Waals surface area contributed by atoms with Crippen LogP contribution in [-0.2, 0) is 13.1 Å². The van der Waals surface area contributed by atoms with Crippen LogP contribution >= 0.6 is 35.3 Å². The van der Waals surface area contributed by atoms with Crippen molar-refractivity contribution in [3.05, 3.63) is 45.4 Å². The first kappa shape index (κ1) is 26.6. The number of ether oxygens (including phenoxy) is 1. The second kappa shape index (κ2) is 14.6. The van der Waals surface area contributed by atoms with E-state index in [1.54, 1.807) is 11.3 Å². The topological polar surface area (TPSA) is 61.8 Å². The van der Waals surface area contributed by atoms with Crippen LogP contribution in [0, 0.1) is 13.8 Å². The number of rotatable bonds is 11. The first-order valence-corrected chi connectivity index (χ1v) is 11.3. The Morgan fingerprint density at radius 3 is 2.50 bits per heavy atom. The van der Waals surface area contributed by atoms with Gasteiger partial charge in [0.15, 0.2) is 5.96 Å². The number of nitrogens with zero attached hydrogens (tertiary/aromatic N) is 3. The molecule has 0 saturated carbocycles. The number of aryl methyl sites for hydroxylation is 2. The molecular weight excluding hydrogens is 509 g/mol. The molecule has 8 heteroatoms. The van der Waals surface area contributed by atoms with Crippen LogP contribution in [0.5, 0.6) is 5.75 Å². The van der Waals surface area contributed by atoms with Gasteiger partial charge in [0, 0.05) is 23.5 Å². The summed E-state index contributed by atoms with van der Waals surface area (Å²) in [6.45, 7) is 16.3. The molecule has 30 heavy (non-hydrogen) atoms. The van der Waals surface area contributed by atoms with E-state index in [4.69, 9.17) is 9.73 Å². The van der Waals surface area contributed by atoms with E-state index in [0.29, 0.717) is 13.2 Å². The van der Waals surface area contributed by atoms with Crippen LogP contribution in [0.3, 0.4) is 0 Å². The summed E-state index contributed by atoms with van der Waals surface area (Å²) in [5.41, 5.74) is 2.18. The number of aliphatic imine (C=N–C) groups is 1. The minimum absolute atomic E-state index is 0. The van der Waals surface area contributed by atoms with E-state index in [0.717, 1.165) is 60.7 Å². The lowest BCUT2D eigenvalue weighted by molar-refractivity contribution is 0.221.